The average molecular weight is 564 g/mol. The van der Waals surface area contributed by atoms with Crippen LogP contribution in [-0.4, -0.2) is 36.5 Å². The second-order valence-corrected chi connectivity index (χ2v) is 11.0. The summed E-state index contributed by atoms with van der Waals surface area (Å²) in [6, 6.07) is 23.0. The summed E-state index contributed by atoms with van der Waals surface area (Å²) < 4.78 is 19.4. The summed E-state index contributed by atoms with van der Waals surface area (Å²) in [6.07, 6.45) is 3.70. The monoisotopic (exact) mass is 563 g/mol. The Balaban J connectivity index is 1.55. The Morgan fingerprint density at radius 2 is 1.61 bits per heavy atom. The van der Waals surface area contributed by atoms with Crippen molar-refractivity contribution >= 4 is 40.7 Å². The first kappa shape index (κ1) is 25.4. The smallest absolute Gasteiger partial charge is 0.185 e. The van der Waals surface area contributed by atoms with E-state index in [1.165, 1.54) is 24.3 Å². The highest BCUT2D eigenvalue weighted by molar-refractivity contribution is 6.32. The van der Waals surface area contributed by atoms with E-state index in [0.29, 0.717) is 33.1 Å². The van der Waals surface area contributed by atoms with Crippen LogP contribution in [0.5, 0.6) is 5.75 Å². The number of ether oxygens (including phenoxy) is 1. The number of hydrogen-bond acceptors (Lipinski definition) is 5. The van der Waals surface area contributed by atoms with Crippen molar-refractivity contribution in [2.75, 3.05) is 12.0 Å². The number of anilines is 1. The van der Waals surface area contributed by atoms with Gasteiger partial charge in [0, 0.05) is 33.3 Å². The highest BCUT2D eigenvalue weighted by Crippen LogP contribution is 2.61. The lowest BCUT2D eigenvalue weighted by molar-refractivity contribution is 0.0665. The number of hydrogen-bond donors (Lipinski definition) is 0. The van der Waals surface area contributed by atoms with Crippen molar-refractivity contribution in [3.05, 3.63) is 136 Å². The summed E-state index contributed by atoms with van der Waals surface area (Å²) >= 11 is 6.34. The predicted molar refractivity (Wildman–Crippen MR) is 155 cm³/mol. The summed E-state index contributed by atoms with van der Waals surface area (Å²) in [6.45, 7) is 0. The van der Waals surface area contributed by atoms with Crippen LogP contribution in [0.15, 0.2) is 97.1 Å². The molecule has 3 atom stereocenters. The van der Waals surface area contributed by atoms with Gasteiger partial charge in [-0.2, -0.15) is 0 Å². The van der Waals surface area contributed by atoms with Crippen molar-refractivity contribution in [1.29, 1.82) is 0 Å². The summed E-state index contributed by atoms with van der Waals surface area (Å²) in [7, 11) is 1.54. The molecule has 4 aromatic carbocycles. The third-order valence-corrected chi connectivity index (χ3v) is 8.85. The van der Waals surface area contributed by atoms with Gasteiger partial charge in [0.25, 0.3) is 0 Å². The molecule has 2 heterocycles. The molecule has 1 saturated heterocycles. The van der Waals surface area contributed by atoms with Gasteiger partial charge in [-0.1, -0.05) is 60.2 Å². The highest BCUT2D eigenvalue weighted by Gasteiger charge is 2.71. The van der Waals surface area contributed by atoms with E-state index in [-0.39, 0.29) is 22.9 Å². The SMILES string of the molecule is COc1cccc([C@@H]2[C@H](C(=O)c3ccc(F)cc3)N3c4ccc(Cl)cc4C=C[C@H]3C23C(=O)c2ccccc2C3=O)c1. The van der Waals surface area contributed by atoms with Crippen LogP contribution in [0.2, 0.25) is 5.02 Å². The summed E-state index contributed by atoms with van der Waals surface area (Å²) in [4.78, 5) is 45.8. The molecule has 7 rings (SSSR count). The van der Waals surface area contributed by atoms with E-state index in [4.69, 9.17) is 16.3 Å². The molecule has 1 spiro atoms. The van der Waals surface area contributed by atoms with E-state index in [1.807, 2.05) is 29.2 Å². The van der Waals surface area contributed by atoms with Gasteiger partial charge in [-0.15, -0.1) is 0 Å². The summed E-state index contributed by atoms with van der Waals surface area (Å²) in [5, 5.41) is 0.520. The number of methoxy groups -OCH3 is 1. The van der Waals surface area contributed by atoms with E-state index < -0.39 is 29.2 Å². The molecule has 0 bridgehead atoms. The molecule has 1 aliphatic carbocycles. The van der Waals surface area contributed by atoms with Crippen LogP contribution in [0.25, 0.3) is 6.08 Å². The molecule has 3 aliphatic rings. The van der Waals surface area contributed by atoms with E-state index in [2.05, 4.69) is 0 Å². The van der Waals surface area contributed by atoms with Gasteiger partial charge in [0.1, 0.15) is 23.0 Å². The number of ketones is 3. The minimum absolute atomic E-state index is 0.278. The Bertz CT molecular complexity index is 1760. The zero-order valence-electron chi connectivity index (χ0n) is 21.9. The Labute approximate surface area is 240 Å². The van der Waals surface area contributed by atoms with Gasteiger partial charge < -0.3 is 9.64 Å². The average Bonchev–Trinajstić information content (AvgIpc) is 3.43. The van der Waals surface area contributed by atoms with Gasteiger partial charge in [-0.25, -0.2) is 4.39 Å². The quantitative estimate of drug-likeness (QED) is 0.202. The van der Waals surface area contributed by atoms with Crippen LogP contribution < -0.4 is 9.64 Å². The predicted octanol–water partition coefficient (Wildman–Crippen LogP) is 6.80. The number of fused-ring (bicyclic) bond motifs is 5. The lowest BCUT2D eigenvalue weighted by Crippen LogP contribution is -2.48. The van der Waals surface area contributed by atoms with Gasteiger partial charge in [-0.3, -0.25) is 14.4 Å². The zero-order chi connectivity index (χ0) is 28.5. The van der Waals surface area contributed by atoms with Crippen molar-refractivity contribution < 1.29 is 23.5 Å². The first-order chi connectivity index (χ1) is 19.9. The molecular weight excluding hydrogens is 541 g/mol. The fourth-order valence-corrected chi connectivity index (χ4v) is 7.12. The second-order valence-electron chi connectivity index (χ2n) is 10.6. The fraction of sp³-hybridized carbons (Fsp3) is 0.147. The molecule has 4 aromatic rings. The first-order valence-corrected chi connectivity index (χ1v) is 13.6. The first-order valence-electron chi connectivity index (χ1n) is 13.2. The van der Waals surface area contributed by atoms with Crippen LogP contribution >= 0.6 is 11.6 Å². The number of carbonyl (C=O) groups is 3. The Morgan fingerprint density at radius 3 is 2.29 bits per heavy atom. The summed E-state index contributed by atoms with van der Waals surface area (Å²) in [5.74, 6) is -1.79. The largest absolute Gasteiger partial charge is 0.497 e. The van der Waals surface area contributed by atoms with Crippen LogP contribution in [-0.2, 0) is 0 Å². The summed E-state index contributed by atoms with van der Waals surface area (Å²) in [5.41, 5.74) is 1.40. The molecule has 0 aromatic heterocycles. The van der Waals surface area contributed by atoms with Crippen molar-refractivity contribution in [2.45, 2.75) is 18.0 Å². The molecule has 0 amide bonds. The Hall–Kier alpha value is -4.55. The number of rotatable bonds is 4. The lowest BCUT2D eigenvalue weighted by atomic mass is 9.64. The molecule has 202 valence electrons. The van der Waals surface area contributed by atoms with E-state index in [0.717, 1.165) is 5.56 Å². The van der Waals surface area contributed by atoms with E-state index >= 15 is 0 Å². The molecule has 5 nitrogen and oxygen atoms in total. The topological polar surface area (TPSA) is 63.7 Å². The fourth-order valence-electron chi connectivity index (χ4n) is 6.94. The molecule has 0 N–H and O–H groups in total. The van der Waals surface area contributed by atoms with Crippen molar-refractivity contribution in [2.24, 2.45) is 5.41 Å². The van der Waals surface area contributed by atoms with Crippen LogP contribution in [0.4, 0.5) is 10.1 Å². The molecular formula is C34H23ClFNO4. The number of Topliss-reactive ketones (excluding diaryl/α,β-unsaturated/α-hetero) is 3. The maximum Gasteiger partial charge on any atom is 0.185 e. The lowest BCUT2D eigenvalue weighted by Gasteiger charge is -2.37. The highest BCUT2D eigenvalue weighted by atomic mass is 35.5. The molecule has 1 fully saturated rings. The number of halogens is 2. The maximum absolute atomic E-state index is 14.6. The molecule has 2 aliphatic heterocycles. The molecule has 7 heteroatoms. The van der Waals surface area contributed by atoms with E-state index in [1.54, 1.807) is 61.7 Å². The normalized spacial score (nSPS) is 21.5. The molecule has 0 saturated carbocycles. The van der Waals surface area contributed by atoms with Crippen LogP contribution in [0.1, 0.15) is 48.1 Å². The second kappa shape index (κ2) is 9.25. The van der Waals surface area contributed by atoms with Crippen LogP contribution in [0.3, 0.4) is 0 Å². The maximum atomic E-state index is 14.6. The Morgan fingerprint density at radius 1 is 0.902 bits per heavy atom. The third-order valence-electron chi connectivity index (χ3n) is 8.62. The number of benzene rings is 4. The van der Waals surface area contributed by atoms with Crippen molar-refractivity contribution in [3.8, 4) is 5.75 Å². The molecule has 41 heavy (non-hydrogen) atoms. The minimum atomic E-state index is -1.63. The van der Waals surface area contributed by atoms with Gasteiger partial charge >= 0.3 is 0 Å². The van der Waals surface area contributed by atoms with Gasteiger partial charge in [0.15, 0.2) is 17.3 Å². The molecule has 0 radical (unpaired) electrons. The Kier molecular flexibility index (Phi) is 5.73. The zero-order valence-corrected chi connectivity index (χ0v) is 22.6. The van der Waals surface area contributed by atoms with Gasteiger partial charge in [0.2, 0.25) is 0 Å². The third kappa shape index (κ3) is 3.50. The van der Waals surface area contributed by atoms with E-state index in [9.17, 15) is 18.8 Å². The molecule has 0 unspecified atom stereocenters. The number of nitrogens with zero attached hydrogens (tertiary/aromatic N) is 1. The standard InChI is InChI=1S/C34H23ClFNO4/c1-41-24-6-4-5-21(18-24)29-30(31(38)19-9-13-23(36)14-10-19)37-27-15-12-22(35)17-20(27)11-16-28(37)34(29)32(39)25-7-2-3-8-26(25)33(34)40/h2-18,28-30H,1H3/t28-,29+,30+/m0/s1. The minimum Gasteiger partial charge on any atom is -0.497 e. The van der Waals surface area contributed by atoms with Crippen LogP contribution in [0, 0.1) is 11.2 Å². The van der Waals surface area contributed by atoms with Crippen molar-refractivity contribution in [1.82, 2.24) is 0 Å². The van der Waals surface area contributed by atoms with Gasteiger partial charge in [0.05, 0.1) is 13.2 Å². The van der Waals surface area contributed by atoms with Gasteiger partial charge in [-0.05, 0) is 65.7 Å². The number of carbonyl (C=O) groups excluding carboxylic acids is 3. The van der Waals surface area contributed by atoms with Crippen molar-refractivity contribution in [3.63, 3.8) is 0 Å².